The Morgan fingerprint density at radius 1 is 0.816 bits per heavy atom. The number of nitrogens with zero attached hydrogens (tertiary/aromatic N) is 2. The summed E-state index contributed by atoms with van der Waals surface area (Å²) in [4.78, 5) is 70.9. The van der Waals surface area contributed by atoms with Gasteiger partial charge in [0.2, 0.25) is 17.6 Å². The normalized spacial score (nSPS) is 11.4. The summed E-state index contributed by atoms with van der Waals surface area (Å²) in [7, 11) is 0. The lowest BCUT2D eigenvalue weighted by Gasteiger charge is -2.18. The number of hydrogen-bond donors (Lipinski definition) is 4. The van der Waals surface area contributed by atoms with E-state index in [1.54, 1.807) is 62.4 Å². The molecule has 38 heavy (non-hydrogen) atoms. The van der Waals surface area contributed by atoms with Crippen molar-refractivity contribution in [2.24, 2.45) is 0 Å². The van der Waals surface area contributed by atoms with Crippen LogP contribution in [0.5, 0.6) is 0 Å². The highest BCUT2D eigenvalue weighted by atomic mass is 16.2. The van der Waals surface area contributed by atoms with E-state index in [1.807, 2.05) is 6.07 Å². The van der Waals surface area contributed by atoms with Crippen molar-refractivity contribution < 1.29 is 24.0 Å². The Morgan fingerprint density at radius 3 is 2.21 bits per heavy atom. The predicted octanol–water partition coefficient (Wildman–Crippen LogP) is 1.03. The molecule has 11 nitrogen and oxygen atoms in total. The standard InChI is InChI=1S/C27H30N6O5/c1-17(2)31-23(34)13-12-21(25(36)27(38)29-14-18-8-4-3-5-9-18)33-24(35)16-30-26(37)22-15-28-19-10-6-7-11-20(19)32-22/h3-11,15,17,21H,12-14,16H2,1-2H3,(H,29,38)(H,30,37)(H,31,34)(H,33,35). The Balaban J connectivity index is 1.59. The third-order valence-electron chi connectivity index (χ3n) is 5.37. The molecule has 0 saturated heterocycles. The van der Waals surface area contributed by atoms with Crippen LogP contribution >= 0.6 is 0 Å². The molecule has 2 aromatic carbocycles. The van der Waals surface area contributed by atoms with Gasteiger partial charge in [-0.2, -0.15) is 0 Å². The summed E-state index contributed by atoms with van der Waals surface area (Å²) in [6.07, 6.45) is 1.12. The summed E-state index contributed by atoms with van der Waals surface area (Å²) in [5, 5.41) is 10.1. The van der Waals surface area contributed by atoms with Crippen molar-refractivity contribution in [3.8, 4) is 0 Å². The molecule has 4 N–H and O–H groups in total. The summed E-state index contributed by atoms with van der Waals surface area (Å²) in [5.74, 6) is -3.43. The fraction of sp³-hybridized carbons (Fsp3) is 0.296. The van der Waals surface area contributed by atoms with Crippen LogP contribution in [-0.2, 0) is 25.7 Å². The number of carbonyl (C=O) groups is 5. The van der Waals surface area contributed by atoms with Crippen LogP contribution in [0.4, 0.5) is 0 Å². The first-order chi connectivity index (χ1) is 18.2. The summed E-state index contributed by atoms with van der Waals surface area (Å²) in [5.41, 5.74) is 1.96. The number of aromatic nitrogens is 2. The van der Waals surface area contributed by atoms with E-state index >= 15 is 0 Å². The number of ketones is 1. The molecule has 0 fully saturated rings. The molecule has 3 aromatic rings. The lowest BCUT2D eigenvalue weighted by Crippen LogP contribution is -2.50. The van der Waals surface area contributed by atoms with Crippen LogP contribution in [-0.4, -0.2) is 58.0 Å². The largest absolute Gasteiger partial charge is 0.354 e. The van der Waals surface area contributed by atoms with E-state index in [4.69, 9.17) is 0 Å². The number of hydrogen-bond acceptors (Lipinski definition) is 7. The van der Waals surface area contributed by atoms with E-state index in [9.17, 15) is 24.0 Å². The molecule has 198 valence electrons. The first-order valence-electron chi connectivity index (χ1n) is 12.2. The lowest BCUT2D eigenvalue weighted by molar-refractivity contribution is -0.140. The van der Waals surface area contributed by atoms with E-state index in [-0.39, 0.29) is 37.0 Å². The number of Topliss-reactive ketones (excluding diaryl/α,β-unsaturated/α-hetero) is 1. The van der Waals surface area contributed by atoms with Crippen molar-refractivity contribution in [2.45, 2.75) is 45.3 Å². The van der Waals surface area contributed by atoms with Gasteiger partial charge in [0.25, 0.3) is 11.8 Å². The van der Waals surface area contributed by atoms with Crippen LogP contribution in [0.1, 0.15) is 42.7 Å². The Kier molecular flexibility index (Phi) is 9.98. The summed E-state index contributed by atoms with van der Waals surface area (Å²) in [6.45, 7) is 3.24. The second-order valence-electron chi connectivity index (χ2n) is 8.84. The van der Waals surface area contributed by atoms with E-state index in [0.29, 0.717) is 11.0 Å². The van der Waals surface area contributed by atoms with Gasteiger partial charge in [-0.05, 0) is 38.0 Å². The molecule has 1 heterocycles. The van der Waals surface area contributed by atoms with Crippen molar-refractivity contribution >= 4 is 40.4 Å². The lowest BCUT2D eigenvalue weighted by atomic mass is 10.0. The van der Waals surface area contributed by atoms with Crippen LogP contribution < -0.4 is 21.3 Å². The number of fused-ring (bicyclic) bond motifs is 1. The quantitative estimate of drug-likeness (QED) is 0.261. The Bertz CT molecular complexity index is 1310. The fourth-order valence-corrected chi connectivity index (χ4v) is 3.53. The second kappa shape index (κ2) is 13.6. The first kappa shape index (κ1) is 27.9. The number of carbonyl (C=O) groups excluding carboxylic acids is 5. The maximum atomic E-state index is 12.9. The molecule has 0 spiro atoms. The molecule has 1 unspecified atom stereocenters. The number of nitrogens with one attached hydrogen (secondary N) is 4. The average molecular weight is 519 g/mol. The monoisotopic (exact) mass is 518 g/mol. The number of amides is 4. The molecule has 1 aromatic heterocycles. The smallest absolute Gasteiger partial charge is 0.289 e. The van der Waals surface area contributed by atoms with E-state index in [1.165, 1.54) is 6.20 Å². The molecule has 11 heteroatoms. The molecule has 3 rings (SSSR count). The zero-order valence-electron chi connectivity index (χ0n) is 21.2. The number of benzene rings is 2. The van der Waals surface area contributed by atoms with Gasteiger partial charge in [-0.15, -0.1) is 0 Å². The highest BCUT2D eigenvalue weighted by Gasteiger charge is 2.27. The van der Waals surface area contributed by atoms with Gasteiger partial charge in [-0.3, -0.25) is 29.0 Å². The molecule has 0 radical (unpaired) electrons. The summed E-state index contributed by atoms with van der Waals surface area (Å²) >= 11 is 0. The van der Waals surface area contributed by atoms with Gasteiger partial charge in [0.15, 0.2) is 0 Å². The minimum atomic E-state index is -1.26. The Morgan fingerprint density at radius 2 is 1.50 bits per heavy atom. The van der Waals surface area contributed by atoms with Crippen LogP contribution in [0.15, 0.2) is 60.8 Å². The zero-order valence-corrected chi connectivity index (χ0v) is 21.2. The van der Waals surface area contributed by atoms with Crippen molar-refractivity contribution in [3.63, 3.8) is 0 Å². The fourth-order valence-electron chi connectivity index (χ4n) is 3.53. The van der Waals surface area contributed by atoms with Crippen LogP contribution in [0.25, 0.3) is 11.0 Å². The van der Waals surface area contributed by atoms with Crippen LogP contribution in [0, 0.1) is 0 Å². The summed E-state index contributed by atoms with van der Waals surface area (Å²) < 4.78 is 0. The average Bonchev–Trinajstić information content (AvgIpc) is 2.92. The second-order valence-corrected chi connectivity index (χ2v) is 8.84. The molecule has 0 saturated carbocycles. The van der Waals surface area contributed by atoms with Gasteiger partial charge in [-0.1, -0.05) is 42.5 Å². The number of para-hydroxylation sites is 2. The minimum absolute atomic E-state index is 0.0229. The van der Waals surface area contributed by atoms with Gasteiger partial charge in [0, 0.05) is 19.0 Å². The van der Waals surface area contributed by atoms with Gasteiger partial charge < -0.3 is 21.3 Å². The molecule has 0 bridgehead atoms. The number of rotatable bonds is 12. The zero-order chi connectivity index (χ0) is 27.5. The van der Waals surface area contributed by atoms with Crippen molar-refractivity contribution in [2.75, 3.05) is 6.54 Å². The third-order valence-corrected chi connectivity index (χ3v) is 5.37. The predicted molar refractivity (Wildman–Crippen MR) is 140 cm³/mol. The minimum Gasteiger partial charge on any atom is -0.354 e. The molecule has 1 atom stereocenters. The van der Waals surface area contributed by atoms with Crippen molar-refractivity contribution in [1.82, 2.24) is 31.2 Å². The van der Waals surface area contributed by atoms with E-state index in [2.05, 4.69) is 31.2 Å². The first-order valence-corrected chi connectivity index (χ1v) is 12.2. The van der Waals surface area contributed by atoms with Gasteiger partial charge in [0.1, 0.15) is 5.69 Å². The van der Waals surface area contributed by atoms with Gasteiger partial charge >= 0.3 is 0 Å². The molecular formula is C27H30N6O5. The highest BCUT2D eigenvalue weighted by Crippen LogP contribution is 2.08. The molecule has 0 aliphatic rings. The van der Waals surface area contributed by atoms with Crippen molar-refractivity contribution in [3.05, 3.63) is 72.1 Å². The SMILES string of the molecule is CC(C)NC(=O)CCC(NC(=O)CNC(=O)c1cnc2ccccc2n1)C(=O)C(=O)NCc1ccccc1. The Labute approximate surface area is 219 Å². The topological polar surface area (TPSA) is 159 Å². The van der Waals surface area contributed by atoms with Gasteiger partial charge in [-0.25, -0.2) is 4.98 Å². The van der Waals surface area contributed by atoms with Crippen molar-refractivity contribution in [1.29, 1.82) is 0 Å². The maximum absolute atomic E-state index is 12.9. The van der Waals surface area contributed by atoms with Crippen LogP contribution in [0.2, 0.25) is 0 Å². The highest BCUT2D eigenvalue weighted by molar-refractivity contribution is 6.38. The molecule has 0 aliphatic carbocycles. The molecule has 4 amide bonds. The van der Waals surface area contributed by atoms with E-state index < -0.39 is 36.1 Å². The summed E-state index contributed by atoms with van der Waals surface area (Å²) in [6, 6.07) is 14.7. The molecule has 0 aliphatic heterocycles. The van der Waals surface area contributed by atoms with Crippen LogP contribution in [0.3, 0.4) is 0 Å². The molecular weight excluding hydrogens is 488 g/mol. The third kappa shape index (κ3) is 8.47. The Hall–Kier alpha value is -4.67. The van der Waals surface area contributed by atoms with Gasteiger partial charge in [0.05, 0.1) is 29.8 Å². The van der Waals surface area contributed by atoms with E-state index in [0.717, 1.165) is 5.56 Å². The maximum Gasteiger partial charge on any atom is 0.289 e.